The smallest absolute Gasteiger partial charge is 0.188 e. The van der Waals surface area contributed by atoms with E-state index in [1.807, 2.05) is 32.3 Å². The zero-order valence-corrected chi connectivity index (χ0v) is 13.2. The summed E-state index contributed by atoms with van der Waals surface area (Å²) >= 11 is 1.61. The molecule has 0 aliphatic carbocycles. The first kappa shape index (κ1) is 13.7. The van der Waals surface area contributed by atoms with E-state index < -0.39 is 0 Å². The lowest BCUT2D eigenvalue weighted by atomic mass is 10.1. The molecule has 0 radical (unpaired) electrons. The van der Waals surface area contributed by atoms with Crippen LogP contribution in [0.1, 0.15) is 5.56 Å². The summed E-state index contributed by atoms with van der Waals surface area (Å²) in [5, 5.41) is 4.25. The van der Waals surface area contributed by atoms with Crippen LogP contribution in [0.3, 0.4) is 0 Å². The van der Waals surface area contributed by atoms with Gasteiger partial charge in [0, 0.05) is 31.2 Å². The third-order valence-corrected chi connectivity index (χ3v) is 4.29. The lowest BCUT2D eigenvalue weighted by molar-refractivity contribution is 1.11. The number of fused-ring (bicyclic) bond motifs is 1. The molecule has 0 aliphatic rings. The second-order valence-electron chi connectivity index (χ2n) is 5.27. The van der Waals surface area contributed by atoms with E-state index >= 15 is 0 Å². The Balaban J connectivity index is 1.93. The van der Waals surface area contributed by atoms with Gasteiger partial charge in [0.2, 0.25) is 0 Å². The first-order valence-corrected chi connectivity index (χ1v) is 7.55. The van der Waals surface area contributed by atoms with Gasteiger partial charge in [0.1, 0.15) is 0 Å². The SMILES string of the molecule is Cc1ccc(Nc2nc3ccc(N)cc3s2)cc1N(C)C. The normalized spacial score (nSPS) is 10.8. The summed E-state index contributed by atoms with van der Waals surface area (Å²) in [5.74, 6) is 0. The van der Waals surface area contributed by atoms with Gasteiger partial charge in [-0.1, -0.05) is 17.4 Å². The molecule has 2 aromatic carbocycles. The molecule has 0 aliphatic heterocycles. The molecule has 5 heteroatoms. The fourth-order valence-corrected chi connectivity index (χ4v) is 3.22. The van der Waals surface area contributed by atoms with Crippen molar-refractivity contribution in [2.24, 2.45) is 0 Å². The molecule has 108 valence electrons. The minimum Gasteiger partial charge on any atom is -0.399 e. The number of nitrogens with one attached hydrogen (secondary N) is 1. The topological polar surface area (TPSA) is 54.2 Å². The fraction of sp³-hybridized carbons (Fsp3) is 0.188. The van der Waals surface area contributed by atoms with Gasteiger partial charge in [-0.05, 0) is 42.8 Å². The van der Waals surface area contributed by atoms with Crippen LogP contribution in [0.4, 0.5) is 22.2 Å². The summed E-state index contributed by atoms with van der Waals surface area (Å²) in [7, 11) is 4.10. The lowest BCUT2D eigenvalue weighted by Crippen LogP contribution is -2.10. The first-order chi connectivity index (χ1) is 10.0. The minimum atomic E-state index is 0.767. The molecule has 0 saturated carbocycles. The zero-order valence-electron chi connectivity index (χ0n) is 12.3. The maximum absolute atomic E-state index is 5.81. The number of aryl methyl sites for hydroxylation is 1. The molecule has 3 rings (SSSR count). The summed E-state index contributed by atoms with van der Waals surface area (Å²) in [5.41, 5.74) is 11.0. The molecule has 1 heterocycles. The number of nitrogens with zero attached hydrogens (tertiary/aromatic N) is 2. The molecule has 0 fully saturated rings. The van der Waals surface area contributed by atoms with Gasteiger partial charge in [-0.2, -0.15) is 0 Å². The molecular weight excluding hydrogens is 280 g/mol. The highest BCUT2D eigenvalue weighted by atomic mass is 32.1. The highest BCUT2D eigenvalue weighted by Crippen LogP contribution is 2.31. The zero-order chi connectivity index (χ0) is 15.0. The molecule has 21 heavy (non-hydrogen) atoms. The molecule has 0 saturated heterocycles. The lowest BCUT2D eigenvalue weighted by Gasteiger charge is -2.16. The maximum Gasteiger partial charge on any atom is 0.188 e. The highest BCUT2D eigenvalue weighted by Gasteiger charge is 2.06. The van der Waals surface area contributed by atoms with Crippen molar-refractivity contribution in [3.05, 3.63) is 42.0 Å². The minimum absolute atomic E-state index is 0.767. The van der Waals surface area contributed by atoms with Gasteiger partial charge in [0.05, 0.1) is 10.2 Å². The Morgan fingerprint density at radius 1 is 1.14 bits per heavy atom. The van der Waals surface area contributed by atoms with Gasteiger partial charge in [-0.15, -0.1) is 0 Å². The van der Waals surface area contributed by atoms with E-state index in [1.165, 1.54) is 11.3 Å². The predicted octanol–water partition coefficient (Wildman–Crippen LogP) is 4.00. The van der Waals surface area contributed by atoms with Gasteiger partial charge < -0.3 is 16.0 Å². The van der Waals surface area contributed by atoms with E-state index in [0.717, 1.165) is 26.7 Å². The average molecular weight is 298 g/mol. The molecule has 4 nitrogen and oxygen atoms in total. The van der Waals surface area contributed by atoms with Gasteiger partial charge in [-0.25, -0.2) is 4.98 Å². The van der Waals surface area contributed by atoms with Crippen molar-refractivity contribution in [3.63, 3.8) is 0 Å². The number of anilines is 4. The van der Waals surface area contributed by atoms with Crippen molar-refractivity contribution in [2.45, 2.75) is 6.92 Å². The average Bonchev–Trinajstić information content (AvgIpc) is 2.82. The van der Waals surface area contributed by atoms with E-state index in [9.17, 15) is 0 Å². The van der Waals surface area contributed by atoms with Crippen LogP contribution in [-0.4, -0.2) is 19.1 Å². The predicted molar refractivity (Wildman–Crippen MR) is 92.8 cm³/mol. The van der Waals surface area contributed by atoms with E-state index in [1.54, 1.807) is 11.3 Å². The van der Waals surface area contributed by atoms with Crippen LogP contribution in [0, 0.1) is 6.92 Å². The summed E-state index contributed by atoms with van der Waals surface area (Å²) in [6.07, 6.45) is 0. The van der Waals surface area contributed by atoms with Crippen molar-refractivity contribution in [2.75, 3.05) is 30.0 Å². The number of hydrogen-bond acceptors (Lipinski definition) is 5. The number of thiazole rings is 1. The number of rotatable bonds is 3. The molecule has 1 aromatic heterocycles. The second kappa shape index (κ2) is 5.26. The Morgan fingerprint density at radius 3 is 2.71 bits per heavy atom. The summed E-state index contributed by atoms with van der Waals surface area (Å²) in [4.78, 5) is 6.69. The highest BCUT2D eigenvalue weighted by molar-refractivity contribution is 7.22. The summed E-state index contributed by atoms with van der Waals surface area (Å²) < 4.78 is 1.09. The van der Waals surface area contributed by atoms with E-state index in [2.05, 4.69) is 40.3 Å². The summed E-state index contributed by atoms with van der Waals surface area (Å²) in [6, 6.07) is 12.1. The van der Waals surface area contributed by atoms with Gasteiger partial charge in [0.15, 0.2) is 5.13 Å². The Bertz CT molecular complexity index is 792. The van der Waals surface area contributed by atoms with Gasteiger partial charge in [-0.3, -0.25) is 0 Å². The molecule has 3 N–H and O–H groups in total. The van der Waals surface area contributed by atoms with Crippen LogP contribution in [0.5, 0.6) is 0 Å². The fourth-order valence-electron chi connectivity index (χ4n) is 2.29. The van der Waals surface area contributed by atoms with Crippen LogP contribution in [0.25, 0.3) is 10.2 Å². The standard InChI is InChI=1S/C16H18N4S/c1-10-4-6-12(9-14(10)20(2)3)18-16-19-13-7-5-11(17)8-15(13)21-16/h4-9H,17H2,1-3H3,(H,18,19). The number of nitrogen functional groups attached to an aromatic ring is 1. The Kier molecular flexibility index (Phi) is 3.43. The Morgan fingerprint density at radius 2 is 1.95 bits per heavy atom. The third kappa shape index (κ3) is 2.78. The maximum atomic E-state index is 5.81. The molecule has 0 bridgehead atoms. The van der Waals surface area contributed by atoms with Crippen LogP contribution in [-0.2, 0) is 0 Å². The number of aromatic nitrogens is 1. The molecule has 0 spiro atoms. The monoisotopic (exact) mass is 298 g/mol. The van der Waals surface area contributed by atoms with E-state index in [4.69, 9.17) is 5.73 Å². The van der Waals surface area contributed by atoms with Crippen LogP contribution < -0.4 is 16.0 Å². The van der Waals surface area contributed by atoms with Crippen molar-refractivity contribution >= 4 is 43.7 Å². The number of hydrogen-bond donors (Lipinski definition) is 2. The van der Waals surface area contributed by atoms with Crippen molar-refractivity contribution < 1.29 is 0 Å². The molecule has 0 atom stereocenters. The Hall–Kier alpha value is -2.27. The second-order valence-corrected chi connectivity index (χ2v) is 6.30. The van der Waals surface area contributed by atoms with E-state index in [-0.39, 0.29) is 0 Å². The Labute approximate surface area is 128 Å². The van der Waals surface area contributed by atoms with E-state index in [0.29, 0.717) is 0 Å². The van der Waals surface area contributed by atoms with Crippen molar-refractivity contribution in [1.82, 2.24) is 4.98 Å². The summed E-state index contributed by atoms with van der Waals surface area (Å²) in [6.45, 7) is 2.11. The van der Waals surface area contributed by atoms with Crippen molar-refractivity contribution in [1.29, 1.82) is 0 Å². The van der Waals surface area contributed by atoms with Crippen LogP contribution >= 0.6 is 11.3 Å². The largest absolute Gasteiger partial charge is 0.399 e. The van der Waals surface area contributed by atoms with Crippen LogP contribution in [0.15, 0.2) is 36.4 Å². The first-order valence-electron chi connectivity index (χ1n) is 6.74. The number of benzene rings is 2. The van der Waals surface area contributed by atoms with Crippen LogP contribution in [0.2, 0.25) is 0 Å². The van der Waals surface area contributed by atoms with Crippen molar-refractivity contribution in [3.8, 4) is 0 Å². The molecule has 3 aromatic rings. The van der Waals surface area contributed by atoms with Gasteiger partial charge >= 0.3 is 0 Å². The number of nitrogens with two attached hydrogens (primary N) is 1. The quantitative estimate of drug-likeness (QED) is 0.718. The third-order valence-electron chi connectivity index (χ3n) is 3.35. The molecular formula is C16H18N4S. The van der Waals surface area contributed by atoms with Gasteiger partial charge in [0.25, 0.3) is 0 Å². The molecule has 0 amide bonds. The molecule has 0 unspecified atom stereocenters.